The standard InChI is InChI=1S/C14H13IN2O4S/c15-11-7-16-13(22-11)10(6-12(18)19)17-14(20)21-8-9-4-2-1-3-5-9/h1-5,7,10H,6,8H2,(H,17,20)(H,18,19)/t10-/m0/s1. The van der Waals surface area contributed by atoms with Gasteiger partial charge in [-0.3, -0.25) is 4.79 Å². The van der Waals surface area contributed by atoms with Crippen LogP contribution in [0.15, 0.2) is 36.5 Å². The highest BCUT2D eigenvalue weighted by Gasteiger charge is 2.21. The molecule has 2 aromatic rings. The molecule has 0 aliphatic carbocycles. The molecule has 1 aromatic carbocycles. The van der Waals surface area contributed by atoms with Crippen LogP contribution in [-0.2, 0) is 16.1 Å². The molecule has 0 saturated carbocycles. The average Bonchev–Trinajstić information content (AvgIpc) is 2.92. The maximum absolute atomic E-state index is 11.8. The predicted octanol–water partition coefficient (Wildman–Crippen LogP) is 3.19. The highest BCUT2D eigenvalue weighted by Crippen LogP contribution is 2.24. The van der Waals surface area contributed by atoms with Gasteiger partial charge in [0.25, 0.3) is 0 Å². The molecule has 1 aromatic heterocycles. The minimum atomic E-state index is -1.02. The Labute approximate surface area is 144 Å². The molecule has 116 valence electrons. The number of hydrogen-bond donors (Lipinski definition) is 2. The van der Waals surface area contributed by atoms with E-state index in [1.807, 2.05) is 30.3 Å². The normalized spacial score (nSPS) is 11.7. The Bertz CT molecular complexity index is 647. The van der Waals surface area contributed by atoms with E-state index in [2.05, 4.69) is 32.9 Å². The van der Waals surface area contributed by atoms with Crippen LogP contribution in [0, 0.1) is 2.88 Å². The molecule has 0 bridgehead atoms. The monoisotopic (exact) mass is 432 g/mol. The van der Waals surface area contributed by atoms with Gasteiger partial charge in [-0.2, -0.15) is 0 Å². The summed E-state index contributed by atoms with van der Waals surface area (Å²) < 4.78 is 6.02. The number of carbonyl (C=O) groups is 2. The zero-order chi connectivity index (χ0) is 15.9. The third-order valence-electron chi connectivity index (χ3n) is 2.68. The SMILES string of the molecule is O=C(O)C[C@H](NC(=O)OCc1ccccc1)c1ncc(I)s1. The van der Waals surface area contributed by atoms with Crippen LogP contribution >= 0.6 is 33.9 Å². The zero-order valence-corrected chi connectivity index (χ0v) is 14.3. The molecule has 2 N–H and O–H groups in total. The van der Waals surface area contributed by atoms with Crippen LogP contribution in [-0.4, -0.2) is 22.2 Å². The van der Waals surface area contributed by atoms with Gasteiger partial charge in [0.2, 0.25) is 0 Å². The van der Waals surface area contributed by atoms with Gasteiger partial charge >= 0.3 is 12.1 Å². The van der Waals surface area contributed by atoms with Crippen molar-refractivity contribution in [1.82, 2.24) is 10.3 Å². The summed E-state index contributed by atoms with van der Waals surface area (Å²) in [5.74, 6) is -1.02. The molecule has 8 heteroatoms. The molecule has 0 fully saturated rings. The number of alkyl carbamates (subject to hydrolysis) is 1. The van der Waals surface area contributed by atoms with E-state index in [-0.39, 0.29) is 13.0 Å². The Hall–Kier alpha value is -1.68. The van der Waals surface area contributed by atoms with E-state index in [1.54, 1.807) is 6.20 Å². The molecule has 6 nitrogen and oxygen atoms in total. The third-order valence-corrected chi connectivity index (χ3v) is 4.52. The first kappa shape index (κ1) is 16.7. The van der Waals surface area contributed by atoms with Crippen LogP contribution < -0.4 is 5.32 Å². The number of nitrogens with one attached hydrogen (secondary N) is 1. The van der Waals surface area contributed by atoms with Crippen molar-refractivity contribution in [2.45, 2.75) is 19.1 Å². The third kappa shape index (κ3) is 5.26. The fraction of sp³-hybridized carbons (Fsp3) is 0.214. The van der Waals surface area contributed by atoms with Gasteiger partial charge in [-0.1, -0.05) is 30.3 Å². The highest BCUT2D eigenvalue weighted by atomic mass is 127. The van der Waals surface area contributed by atoms with E-state index in [0.29, 0.717) is 5.01 Å². The van der Waals surface area contributed by atoms with Crippen LogP contribution in [0.2, 0.25) is 0 Å². The van der Waals surface area contributed by atoms with Gasteiger partial charge in [0.1, 0.15) is 11.6 Å². The second-order valence-electron chi connectivity index (χ2n) is 4.36. The van der Waals surface area contributed by atoms with Crippen LogP contribution in [0.3, 0.4) is 0 Å². The molecular weight excluding hydrogens is 419 g/mol. The molecule has 0 radical (unpaired) electrons. The summed E-state index contributed by atoms with van der Waals surface area (Å²) >= 11 is 3.43. The molecular formula is C14H13IN2O4S. The number of benzene rings is 1. The molecule has 2 rings (SSSR count). The Kier molecular flexibility index (Phi) is 6.13. The van der Waals surface area contributed by atoms with Crippen molar-refractivity contribution in [2.24, 2.45) is 0 Å². The van der Waals surface area contributed by atoms with Gasteiger partial charge in [0.15, 0.2) is 0 Å². The van der Waals surface area contributed by atoms with Crippen molar-refractivity contribution in [3.05, 3.63) is 50.0 Å². The maximum atomic E-state index is 11.8. The van der Waals surface area contributed by atoms with Crippen molar-refractivity contribution < 1.29 is 19.4 Å². The summed E-state index contributed by atoms with van der Waals surface area (Å²) in [6, 6.07) is 8.55. The smallest absolute Gasteiger partial charge is 0.408 e. The lowest BCUT2D eigenvalue weighted by molar-refractivity contribution is -0.137. The summed E-state index contributed by atoms with van der Waals surface area (Å²) in [4.78, 5) is 26.9. The van der Waals surface area contributed by atoms with E-state index in [0.717, 1.165) is 8.45 Å². The number of amides is 1. The first-order valence-electron chi connectivity index (χ1n) is 6.35. The number of ether oxygens (including phenoxy) is 1. The summed E-state index contributed by atoms with van der Waals surface area (Å²) in [6.07, 6.45) is 0.719. The minimum absolute atomic E-state index is 0.127. The van der Waals surface area contributed by atoms with Crippen LogP contribution in [0.4, 0.5) is 4.79 Å². The van der Waals surface area contributed by atoms with Crippen LogP contribution in [0.25, 0.3) is 0 Å². The molecule has 1 heterocycles. The second kappa shape index (κ2) is 8.08. The van der Waals surface area contributed by atoms with E-state index in [1.165, 1.54) is 11.3 Å². The lowest BCUT2D eigenvalue weighted by Crippen LogP contribution is -2.30. The summed E-state index contributed by atoms with van der Waals surface area (Å²) in [7, 11) is 0. The number of carboxylic acids is 1. The minimum Gasteiger partial charge on any atom is -0.481 e. The largest absolute Gasteiger partial charge is 0.481 e. The Morgan fingerprint density at radius 1 is 1.36 bits per heavy atom. The second-order valence-corrected chi connectivity index (χ2v) is 7.32. The topological polar surface area (TPSA) is 88.5 Å². The average molecular weight is 432 g/mol. The number of rotatable bonds is 6. The van der Waals surface area contributed by atoms with Crippen LogP contribution in [0.1, 0.15) is 23.0 Å². The number of aliphatic carboxylic acids is 1. The van der Waals surface area contributed by atoms with Crippen molar-refractivity contribution in [3.63, 3.8) is 0 Å². The number of carbonyl (C=O) groups excluding carboxylic acids is 1. The molecule has 22 heavy (non-hydrogen) atoms. The molecule has 1 atom stereocenters. The molecule has 0 aliphatic rings. The first-order valence-corrected chi connectivity index (χ1v) is 8.24. The van der Waals surface area contributed by atoms with Gasteiger partial charge in [-0.25, -0.2) is 9.78 Å². The lowest BCUT2D eigenvalue weighted by atomic mass is 10.2. The fourth-order valence-electron chi connectivity index (χ4n) is 1.71. The van der Waals surface area contributed by atoms with Gasteiger partial charge in [-0.05, 0) is 28.2 Å². The Balaban J connectivity index is 1.94. The van der Waals surface area contributed by atoms with Crippen molar-refractivity contribution >= 4 is 46.0 Å². The number of hydrogen-bond acceptors (Lipinski definition) is 5. The quantitative estimate of drug-likeness (QED) is 0.685. The molecule has 1 amide bonds. The van der Waals surface area contributed by atoms with E-state index < -0.39 is 18.1 Å². The summed E-state index contributed by atoms with van der Waals surface area (Å²) in [5.41, 5.74) is 0.858. The van der Waals surface area contributed by atoms with Gasteiger partial charge in [0.05, 0.1) is 21.5 Å². The first-order chi connectivity index (χ1) is 10.5. The Morgan fingerprint density at radius 2 is 2.09 bits per heavy atom. The number of halogens is 1. The Morgan fingerprint density at radius 3 is 2.68 bits per heavy atom. The predicted molar refractivity (Wildman–Crippen MR) is 89.6 cm³/mol. The molecule has 0 spiro atoms. The van der Waals surface area contributed by atoms with Crippen molar-refractivity contribution in [2.75, 3.05) is 0 Å². The van der Waals surface area contributed by atoms with Gasteiger partial charge in [-0.15, -0.1) is 11.3 Å². The van der Waals surface area contributed by atoms with E-state index in [4.69, 9.17) is 9.84 Å². The number of nitrogens with zero attached hydrogens (tertiary/aromatic N) is 1. The van der Waals surface area contributed by atoms with Gasteiger partial charge < -0.3 is 15.2 Å². The zero-order valence-electron chi connectivity index (χ0n) is 11.4. The number of carboxylic acid groups (broad SMARTS) is 1. The fourth-order valence-corrected chi connectivity index (χ4v) is 3.22. The molecule has 0 aliphatic heterocycles. The highest BCUT2D eigenvalue weighted by molar-refractivity contribution is 14.1. The van der Waals surface area contributed by atoms with E-state index in [9.17, 15) is 9.59 Å². The van der Waals surface area contributed by atoms with Crippen molar-refractivity contribution in [3.8, 4) is 0 Å². The number of aromatic nitrogens is 1. The van der Waals surface area contributed by atoms with Crippen LogP contribution in [0.5, 0.6) is 0 Å². The van der Waals surface area contributed by atoms with E-state index >= 15 is 0 Å². The molecule has 0 unspecified atom stereocenters. The molecule has 0 saturated heterocycles. The summed E-state index contributed by atoms with van der Waals surface area (Å²) in [5, 5.41) is 12.1. The summed E-state index contributed by atoms with van der Waals surface area (Å²) in [6.45, 7) is 0.127. The van der Waals surface area contributed by atoms with Crippen molar-refractivity contribution in [1.29, 1.82) is 0 Å². The van der Waals surface area contributed by atoms with Gasteiger partial charge in [0, 0.05) is 0 Å². The maximum Gasteiger partial charge on any atom is 0.408 e. The number of thiazole rings is 1. The lowest BCUT2D eigenvalue weighted by Gasteiger charge is -2.14.